The Morgan fingerprint density at radius 3 is 2.40 bits per heavy atom. The van der Waals surface area contributed by atoms with Crippen LogP contribution in [0.1, 0.15) is 56.1 Å². The molecule has 1 fully saturated rings. The normalized spacial score (nSPS) is 21.4. The third-order valence-corrected chi connectivity index (χ3v) is 6.64. The summed E-state index contributed by atoms with van der Waals surface area (Å²) in [6, 6.07) is 17.3. The van der Waals surface area contributed by atoms with Gasteiger partial charge in [0.2, 0.25) is 0 Å². The molecule has 2 atom stereocenters. The highest BCUT2D eigenvalue weighted by Crippen LogP contribution is 2.45. The Labute approximate surface area is 178 Å². The molecule has 2 unspecified atom stereocenters. The van der Waals surface area contributed by atoms with Crippen molar-refractivity contribution < 1.29 is 9.53 Å². The van der Waals surface area contributed by atoms with Crippen molar-refractivity contribution in [3.63, 3.8) is 0 Å². The Bertz CT molecular complexity index is 1010. The summed E-state index contributed by atoms with van der Waals surface area (Å²) < 4.78 is 5.92. The Morgan fingerprint density at radius 1 is 1.03 bits per heavy atom. The van der Waals surface area contributed by atoms with Crippen molar-refractivity contribution in [2.45, 2.75) is 57.0 Å². The standard InChI is InChI=1S/C27H27NO2/c1-2-3-4-9-19-16-20-14-15-21(17-19)28(20)27(29)30-18-26-24-12-7-5-10-22(24)23-11-6-8-13-25(23)26/h5-8,10-13,16,20-21,26H,2,9,14-15,17-18H2,1H3. The van der Waals surface area contributed by atoms with Crippen molar-refractivity contribution in [1.29, 1.82) is 0 Å². The molecule has 0 radical (unpaired) electrons. The van der Waals surface area contributed by atoms with E-state index in [1.165, 1.54) is 27.8 Å². The van der Waals surface area contributed by atoms with Crippen molar-refractivity contribution in [3.05, 3.63) is 71.3 Å². The fourth-order valence-electron chi connectivity index (χ4n) is 5.30. The highest BCUT2D eigenvalue weighted by molar-refractivity contribution is 5.79. The topological polar surface area (TPSA) is 29.5 Å². The molecule has 0 N–H and O–H groups in total. The van der Waals surface area contributed by atoms with Gasteiger partial charge in [-0.3, -0.25) is 4.90 Å². The molecule has 3 heteroatoms. The molecule has 3 nitrogen and oxygen atoms in total. The van der Waals surface area contributed by atoms with Gasteiger partial charge in [0.05, 0.1) is 6.04 Å². The summed E-state index contributed by atoms with van der Waals surface area (Å²) in [4.78, 5) is 15.0. The number of amides is 1. The van der Waals surface area contributed by atoms with Crippen molar-refractivity contribution in [2.24, 2.45) is 0 Å². The summed E-state index contributed by atoms with van der Waals surface area (Å²) in [5, 5.41) is 0. The van der Waals surface area contributed by atoms with Crippen LogP contribution in [0.25, 0.3) is 11.1 Å². The zero-order chi connectivity index (χ0) is 20.5. The Morgan fingerprint density at radius 2 is 1.73 bits per heavy atom. The number of hydrogen-bond acceptors (Lipinski definition) is 2. The monoisotopic (exact) mass is 397 g/mol. The molecule has 2 aromatic rings. The average molecular weight is 398 g/mol. The summed E-state index contributed by atoms with van der Waals surface area (Å²) in [5.74, 6) is 6.51. The molecule has 152 valence electrons. The van der Waals surface area contributed by atoms with Crippen LogP contribution in [0.5, 0.6) is 0 Å². The summed E-state index contributed by atoms with van der Waals surface area (Å²) in [5.41, 5.74) is 6.40. The van der Waals surface area contributed by atoms with Gasteiger partial charge >= 0.3 is 6.09 Å². The maximum Gasteiger partial charge on any atom is 0.410 e. The van der Waals surface area contributed by atoms with E-state index in [9.17, 15) is 4.79 Å². The molecule has 2 heterocycles. The molecule has 30 heavy (non-hydrogen) atoms. The maximum atomic E-state index is 13.1. The quantitative estimate of drug-likeness (QED) is 0.476. The van der Waals surface area contributed by atoms with Gasteiger partial charge in [-0.15, -0.1) is 5.92 Å². The highest BCUT2D eigenvalue weighted by atomic mass is 16.6. The molecule has 0 spiro atoms. The van der Waals surface area contributed by atoms with Crippen LogP contribution in [0, 0.1) is 11.8 Å². The van der Waals surface area contributed by atoms with E-state index in [1.807, 2.05) is 4.90 Å². The van der Waals surface area contributed by atoms with Crippen LogP contribution in [-0.2, 0) is 4.74 Å². The molecule has 1 amide bonds. The van der Waals surface area contributed by atoms with Crippen LogP contribution < -0.4 is 0 Å². The van der Waals surface area contributed by atoms with Gasteiger partial charge in [-0.05, 0) is 41.5 Å². The fraction of sp³-hybridized carbons (Fsp3) is 0.370. The molecule has 0 aromatic heterocycles. The number of fused-ring (bicyclic) bond motifs is 5. The van der Waals surface area contributed by atoms with Gasteiger partial charge in [0.1, 0.15) is 6.61 Å². The number of nitrogens with zero attached hydrogens (tertiary/aromatic N) is 1. The first-order valence-corrected chi connectivity index (χ1v) is 11.0. The second kappa shape index (κ2) is 8.03. The largest absolute Gasteiger partial charge is 0.448 e. The van der Waals surface area contributed by atoms with E-state index in [4.69, 9.17) is 4.74 Å². The SMILES string of the molecule is CCC#CCC1=CC2CCC(C1)N2C(=O)OCC1c2ccccc2-c2ccccc21. The maximum absolute atomic E-state index is 13.1. The summed E-state index contributed by atoms with van der Waals surface area (Å²) in [6.07, 6.45) is 6.83. The van der Waals surface area contributed by atoms with Gasteiger partial charge in [-0.2, -0.15) is 0 Å². The first kappa shape index (κ1) is 19.0. The van der Waals surface area contributed by atoms with Crippen LogP contribution in [0.2, 0.25) is 0 Å². The zero-order valence-corrected chi connectivity index (χ0v) is 17.4. The molecule has 5 rings (SSSR count). The minimum atomic E-state index is -0.167. The predicted molar refractivity (Wildman–Crippen MR) is 119 cm³/mol. The van der Waals surface area contributed by atoms with Gasteiger partial charge in [0, 0.05) is 24.8 Å². The minimum absolute atomic E-state index is 0.110. The fourth-order valence-corrected chi connectivity index (χ4v) is 5.30. The summed E-state index contributed by atoms with van der Waals surface area (Å²) in [7, 11) is 0. The first-order chi connectivity index (χ1) is 14.8. The highest BCUT2D eigenvalue weighted by Gasteiger charge is 2.40. The Kier molecular flexibility index (Phi) is 5.09. The lowest BCUT2D eigenvalue weighted by atomic mass is 9.98. The molecule has 1 aliphatic carbocycles. The average Bonchev–Trinajstić information content (AvgIpc) is 3.24. The van der Waals surface area contributed by atoms with Crippen molar-refractivity contribution in [3.8, 4) is 23.0 Å². The van der Waals surface area contributed by atoms with Crippen molar-refractivity contribution >= 4 is 6.09 Å². The van der Waals surface area contributed by atoms with Gasteiger partial charge < -0.3 is 4.74 Å². The lowest BCUT2D eigenvalue weighted by Gasteiger charge is -2.33. The van der Waals surface area contributed by atoms with Gasteiger partial charge in [0.25, 0.3) is 0 Å². The van der Waals surface area contributed by atoms with Gasteiger partial charge in [-0.1, -0.05) is 73.0 Å². The zero-order valence-electron chi connectivity index (χ0n) is 17.4. The van der Waals surface area contributed by atoms with Crippen LogP contribution >= 0.6 is 0 Å². The van der Waals surface area contributed by atoms with Crippen LogP contribution in [0.4, 0.5) is 4.79 Å². The second-order valence-corrected chi connectivity index (χ2v) is 8.42. The number of hydrogen-bond donors (Lipinski definition) is 0. The van der Waals surface area contributed by atoms with Gasteiger partial charge in [-0.25, -0.2) is 4.79 Å². The van der Waals surface area contributed by atoms with Crippen LogP contribution in [0.15, 0.2) is 60.2 Å². The predicted octanol–water partition coefficient (Wildman–Crippen LogP) is 5.90. The van der Waals surface area contributed by atoms with E-state index in [1.54, 1.807) is 0 Å². The molecular weight excluding hydrogens is 370 g/mol. The van der Waals surface area contributed by atoms with Crippen molar-refractivity contribution in [2.75, 3.05) is 6.61 Å². The minimum Gasteiger partial charge on any atom is -0.448 e. The molecular formula is C27H27NO2. The number of ether oxygens (including phenoxy) is 1. The first-order valence-electron chi connectivity index (χ1n) is 11.0. The second-order valence-electron chi connectivity index (χ2n) is 8.42. The van der Waals surface area contributed by atoms with Crippen LogP contribution in [-0.4, -0.2) is 29.7 Å². The van der Waals surface area contributed by atoms with Crippen LogP contribution in [0.3, 0.4) is 0 Å². The molecule has 2 aliphatic heterocycles. The molecule has 2 bridgehead atoms. The number of rotatable bonds is 3. The molecule has 1 saturated heterocycles. The van der Waals surface area contributed by atoms with E-state index in [2.05, 4.69) is 73.4 Å². The van der Waals surface area contributed by atoms with E-state index in [0.717, 1.165) is 32.1 Å². The van der Waals surface area contributed by atoms with E-state index < -0.39 is 0 Å². The van der Waals surface area contributed by atoms with E-state index in [0.29, 0.717) is 6.61 Å². The molecule has 0 saturated carbocycles. The van der Waals surface area contributed by atoms with Crippen molar-refractivity contribution in [1.82, 2.24) is 4.90 Å². The Balaban J connectivity index is 1.30. The molecule has 2 aromatic carbocycles. The third-order valence-electron chi connectivity index (χ3n) is 6.64. The number of carbonyl (C=O) groups excluding carboxylic acids is 1. The smallest absolute Gasteiger partial charge is 0.410 e. The van der Waals surface area contributed by atoms with E-state index >= 15 is 0 Å². The third kappa shape index (κ3) is 3.31. The lowest BCUT2D eigenvalue weighted by molar-refractivity contribution is 0.0850. The number of carbonyl (C=O) groups is 1. The number of benzene rings is 2. The Hall–Kier alpha value is -2.99. The van der Waals surface area contributed by atoms with E-state index in [-0.39, 0.29) is 24.1 Å². The summed E-state index contributed by atoms with van der Waals surface area (Å²) in [6.45, 7) is 2.46. The van der Waals surface area contributed by atoms with Gasteiger partial charge in [0.15, 0.2) is 0 Å². The summed E-state index contributed by atoms with van der Waals surface area (Å²) >= 11 is 0. The lowest BCUT2D eigenvalue weighted by Crippen LogP contribution is -2.43. The molecule has 3 aliphatic rings.